The summed E-state index contributed by atoms with van der Waals surface area (Å²) < 4.78 is 68.5. The number of rotatable bonds is 75. The minimum absolute atomic E-state index is 0.105. The molecule has 0 fully saturated rings. The summed E-state index contributed by atoms with van der Waals surface area (Å²) in [7, 11) is -9.91. The molecule has 0 spiro atoms. The van der Waals surface area contributed by atoms with E-state index < -0.39 is 97.5 Å². The standard InChI is InChI=1S/C76H148O17P2/c1-7-9-11-13-15-17-19-20-26-30-34-41-47-53-59-74(79)87-64-71(92-75(80)60-54-48-42-35-31-27-24-22-21-23-25-29-32-38-44-50-56-68(3)4)66-90-94(82,83)88-62-70(77)63-89-95(84,85)91-67-72(93-76(81)61-55-49-43-37-36-39-45-51-57-69(5)6)65-86-73(78)58-52-46-40-33-28-18-16-14-12-10-8-2/h68-72,77H,7-67H2,1-6H3,(H,82,83)(H,84,85)/t70-,71-,72-/m1/s1. The number of hydrogen-bond donors (Lipinski definition) is 3. The van der Waals surface area contributed by atoms with Gasteiger partial charge in [0.15, 0.2) is 12.2 Å². The number of phosphoric ester groups is 2. The highest BCUT2D eigenvalue weighted by Gasteiger charge is 2.30. The van der Waals surface area contributed by atoms with Crippen molar-refractivity contribution in [2.24, 2.45) is 11.8 Å². The molecule has 0 aromatic heterocycles. The highest BCUT2D eigenvalue weighted by molar-refractivity contribution is 7.47. The lowest BCUT2D eigenvalue weighted by Gasteiger charge is -2.21. The summed E-state index contributed by atoms with van der Waals surface area (Å²) in [6, 6.07) is 0. The van der Waals surface area contributed by atoms with Gasteiger partial charge in [0, 0.05) is 25.7 Å². The summed E-state index contributed by atoms with van der Waals surface area (Å²) in [5, 5.41) is 10.6. The van der Waals surface area contributed by atoms with Crippen molar-refractivity contribution in [1.82, 2.24) is 0 Å². The van der Waals surface area contributed by atoms with Gasteiger partial charge in [-0.15, -0.1) is 0 Å². The first-order valence-electron chi connectivity index (χ1n) is 39.5. The molecule has 3 N–H and O–H groups in total. The largest absolute Gasteiger partial charge is 0.472 e. The van der Waals surface area contributed by atoms with Crippen molar-refractivity contribution in [3.63, 3.8) is 0 Å². The van der Waals surface area contributed by atoms with Crippen LogP contribution in [0.25, 0.3) is 0 Å². The van der Waals surface area contributed by atoms with Crippen LogP contribution >= 0.6 is 15.6 Å². The molecule has 2 unspecified atom stereocenters. The summed E-state index contributed by atoms with van der Waals surface area (Å²) in [5.41, 5.74) is 0. The molecule has 0 aliphatic rings. The molecule has 17 nitrogen and oxygen atoms in total. The summed E-state index contributed by atoms with van der Waals surface area (Å²) in [5.74, 6) is -0.588. The molecule has 0 rings (SSSR count). The lowest BCUT2D eigenvalue weighted by molar-refractivity contribution is -0.161. The Morgan fingerprint density at radius 2 is 0.484 bits per heavy atom. The molecule has 95 heavy (non-hydrogen) atoms. The van der Waals surface area contributed by atoms with Crippen LogP contribution in [0.15, 0.2) is 0 Å². The molecule has 564 valence electrons. The van der Waals surface area contributed by atoms with E-state index in [9.17, 15) is 43.2 Å². The minimum atomic E-state index is -4.96. The van der Waals surface area contributed by atoms with Crippen LogP contribution < -0.4 is 0 Å². The highest BCUT2D eigenvalue weighted by Crippen LogP contribution is 2.45. The first kappa shape index (κ1) is 93.1. The van der Waals surface area contributed by atoms with Crippen molar-refractivity contribution >= 4 is 39.5 Å². The molecule has 0 aromatic rings. The van der Waals surface area contributed by atoms with Crippen molar-refractivity contribution in [2.75, 3.05) is 39.6 Å². The summed E-state index contributed by atoms with van der Waals surface area (Å²) in [4.78, 5) is 72.8. The smallest absolute Gasteiger partial charge is 0.462 e. The maximum Gasteiger partial charge on any atom is 0.472 e. The lowest BCUT2D eigenvalue weighted by atomic mass is 10.0. The zero-order chi connectivity index (χ0) is 70.0. The van der Waals surface area contributed by atoms with Crippen molar-refractivity contribution in [3.8, 4) is 0 Å². The number of unbranched alkanes of at least 4 members (excludes halogenated alkanes) is 45. The predicted molar refractivity (Wildman–Crippen MR) is 386 cm³/mol. The number of esters is 4. The molecule has 0 radical (unpaired) electrons. The third-order valence-corrected chi connectivity index (χ3v) is 19.6. The van der Waals surface area contributed by atoms with E-state index in [2.05, 4.69) is 41.5 Å². The average Bonchev–Trinajstić information content (AvgIpc) is 1.77. The van der Waals surface area contributed by atoms with Crippen molar-refractivity contribution in [1.29, 1.82) is 0 Å². The minimum Gasteiger partial charge on any atom is -0.462 e. The third-order valence-electron chi connectivity index (χ3n) is 17.7. The SMILES string of the molecule is CCCCCCCCCCCCCCCCC(=O)OC[C@H](COP(=O)(O)OC[C@@H](O)COP(=O)(O)OC[C@@H](COC(=O)CCCCCCCCCCCCC)OC(=O)CCCCCCCCCCC(C)C)OC(=O)CCCCCCCCCCCCCCCCCCC(C)C. The van der Waals surface area contributed by atoms with Crippen LogP contribution in [-0.4, -0.2) is 96.7 Å². The van der Waals surface area contributed by atoms with Crippen LogP contribution in [0, 0.1) is 11.8 Å². The van der Waals surface area contributed by atoms with Gasteiger partial charge < -0.3 is 33.8 Å². The second-order valence-corrected chi connectivity index (χ2v) is 31.3. The maximum absolute atomic E-state index is 13.1. The number of hydrogen-bond acceptors (Lipinski definition) is 15. The zero-order valence-electron chi connectivity index (χ0n) is 62.0. The second kappa shape index (κ2) is 67.9. The Kier molecular flexibility index (Phi) is 66.5. The lowest BCUT2D eigenvalue weighted by Crippen LogP contribution is -2.30. The fraction of sp³-hybridized carbons (Fsp3) is 0.947. The van der Waals surface area contributed by atoms with Crippen molar-refractivity contribution in [2.45, 2.75) is 413 Å². The Morgan fingerprint density at radius 3 is 0.716 bits per heavy atom. The number of carbonyl (C=O) groups is 4. The number of phosphoric acid groups is 2. The topological polar surface area (TPSA) is 237 Å². The Balaban J connectivity index is 5.23. The number of aliphatic hydroxyl groups is 1. The highest BCUT2D eigenvalue weighted by atomic mass is 31.2. The van der Waals surface area contributed by atoms with Gasteiger partial charge in [0.05, 0.1) is 26.4 Å². The van der Waals surface area contributed by atoms with Crippen molar-refractivity contribution < 1.29 is 80.2 Å². The van der Waals surface area contributed by atoms with E-state index in [4.69, 9.17) is 37.0 Å². The predicted octanol–water partition coefficient (Wildman–Crippen LogP) is 22.3. The Morgan fingerprint density at radius 1 is 0.284 bits per heavy atom. The molecule has 0 aliphatic carbocycles. The van der Waals surface area contributed by atoms with Gasteiger partial charge in [-0.05, 0) is 37.5 Å². The number of ether oxygens (including phenoxy) is 4. The molecule has 19 heteroatoms. The summed E-state index contributed by atoms with van der Waals surface area (Å²) in [6.07, 6.45) is 55.5. The fourth-order valence-electron chi connectivity index (χ4n) is 11.7. The molecular formula is C76H148O17P2. The van der Waals surface area contributed by atoms with Gasteiger partial charge in [-0.3, -0.25) is 37.3 Å². The van der Waals surface area contributed by atoms with Crippen molar-refractivity contribution in [3.05, 3.63) is 0 Å². The molecule has 0 aliphatic heterocycles. The van der Waals surface area contributed by atoms with Gasteiger partial charge in [0.25, 0.3) is 0 Å². The van der Waals surface area contributed by atoms with E-state index in [0.717, 1.165) is 102 Å². The normalized spacial score (nSPS) is 14.0. The summed E-state index contributed by atoms with van der Waals surface area (Å²) >= 11 is 0. The molecule has 0 amide bonds. The van der Waals surface area contributed by atoms with Gasteiger partial charge in [0.2, 0.25) is 0 Å². The van der Waals surface area contributed by atoms with Gasteiger partial charge >= 0.3 is 39.5 Å². The van der Waals surface area contributed by atoms with Gasteiger partial charge in [-0.1, -0.05) is 343 Å². The molecule has 0 aromatic carbocycles. The molecule has 0 saturated heterocycles. The van der Waals surface area contributed by atoms with Gasteiger partial charge in [-0.25, -0.2) is 9.13 Å². The Hall–Kier alpha value is -1.94. The number of carbonyl (C=O) groups excluding carboxylic acids is 4. The first-order valence-corrected chi connectivity index (χ1v) is 42.5. The molecule has 0 bridgehead atoms. The van der Waals surface area contributed by atoms with Crippen LogP contribution in [0.2, 0.25) is 0 Å². The van der Waals surface area contributed by atoms with E-state index in [-0.39, 0.29) is 25.7 Å². The molecule has 0 heterocycles. The van der Waals surface area contributed by atoms with Crippen LogP contribution in [-0.2, 0) is 65.4 Å². The molecule has 5 atom stereocenters. The fourth-order valence-corrected chi connectivity index (χ4v) is 13.2. The molecule has 0 saturated carbocycles. The van der Waals surface area contributed by atoms with E-state index in [1.54, 1.807) is 0 Å². The van der Waals surface area contributed by atoms with E-state index in [1.165, 1.54) is 212 Å². The Labute approximate surface area is 581 Å². The van der Waals surface area contributed by atoms with Crippen LogP contribution in [0.1, 0.15) is 395 Å². The first-order chi connectivity index (χ1) is 45.9. The van der Waals surface area contributed by atoms with Gasteiger partial charge in [0.1, 0.15) is 19.3 Å². The number of aliphatic hydroxyl groups excluding tert-OH is 1. The maximum atomic E-state index is 13.1. The Bertz CT molecular complexity index is 1840. The quantitative estimate of drug-likeness (QED) is 0.0222. The van der Waals surface area contributed by atoms with E-state index in [1.807, 2.05) is 0 Å². The van der Waals surface area contributed by atoms with Crippen LogP contribution in [0.4, 0.5) is 0 Å². The zero-order valence-corrected chi connectivity index (χ0v) is 63.8. The van der Waals surface area contributed by atoms with Gasteiger partial charge in [-0.2, -0.15) is 0 Å². The summed E-state index contributed by atoms with van der Waals surface area (Å²) in [6.45, 7) is 9.59. The van der Waals surface area contributed by atoms with Crippen LogP contribution in [0.5, 0.6) is 0 Å². The molecular weight excluding hydrogens is 1250 g/mol. The average molecular weight is 1400 g/mol. The second-order valence-electron chi connectivity index (χ2n) is 28.3. The van der Waals surface area contributed by atoms with E-state index in [0.29, 0.717) is 25.7 Å². The third kappa shape index (κ3) is 70.3. The van der Waals surface area contributed by atoms with E-state index >= 15 is 0 Å². The van der Waals surface area contributed by atoms with Crippen LogP contribution in [0.3, 0.4) is 0 Å². The monoisotopic (exact) mass is 1400 g/mol.